The van der Waals surface area contributed by atoms with Gasteiger partial charge in [0.25, 0.3) is 0 Å². The van der Waals surface area contributed by atoms with Crippen LogP contribution in [-0.2, 0) is 21.5 Å². The Morgan fingerprint density at radius 3 is 2.19 bits per heavy atom. The molecule has 0 aliphatic rings. The molecule has 1 N–H and O–H groups in total. The van der Waals surface area contributed by atoms with Crippen molar-refractivity contribution in [2.75, 3.05) is 11.4 Å². The summed E-state index contributed by atoms with van der Waals surface area (Å²) in [5.41, 5.74) is 2.22. The zero-order valence-corrected chi connectivity index (χ0v) is 15.7. The molecule has 0 aliphatic carbocycles. The number of nitrogens with one attached hydrogen (secondary N) is 1. The Balaban J connectivity index is 2.04. The third-order valence-corrected chi connectivity index (χ3v) is 4.16. The van der Waals surface area contributed by atoms with Gasteiger partial charge >= 0.3 is 0 Å². The lowest BCUT2D eigenvalue weighted by Gasteiger charge is -2.23. The highest BCUT2D eigenvalue weighted by molar-refractivity contribution is 5.97. The zero-order chi connectivity index (χ0) is 19.3. The molecule has 0 fully saturated rings. The molecule has 5 heteroatoms. The molecule has 2 aromatic carbocycles. The van der Waals surface area contributed by atoms with Crippen LogP contribution in [0.3, 0.4) is 0 Å². The Kier molecular flexibility index (Phi) is 6.14. The molecule has 0 atom stereocenters. The predicted molar refractivity (Wildman–Crippen MR) is 101 cm³/mol. The summed E-state index contributed by atoms with van der Waals surface area (Å²) >= 11 is 0. The van der Waals surface area contributed by atoms with Crippen molar-refractivity contribution in [3.05, 3.63) is 65.5 Å². The third-order valence-electron chi connectivity index (χ3n) is 4.16. The molecule has 2 rings (SSSR count). The lowest BCUT2D eigenvalue weighted by molar-refractivity contribution is -0.123. The van der Waals surface area contributed by atoms with E-state index in [9.17, 15) is 14.0 Å². The Labute approximate surface area is 154 Å². The second-order valence-corrected chi connectivity index (χ2v) is 7.27. The Morgan fingerprint density at radius 2 is 1.65 bits per heavy atom. The van der Waals surface area contributed by atoms with Crippen molar-refractivity contribution >= 4 is 17.5 Å². The highest BCUT2D eigenvalue weighted by Crippen LogP contribution is 2.25. The molecular weight excluding hydrogens is 331 g/mol. The van der Waals surface area contributed by atoms with Crippen LogP contribution in [0, 0.1) is 5.82 Å². The van der Waals surface area contributed by atoms with Gasteiger partial charge in [-0.15, -0.1) is 0 Å². The second kappa shape index (κ2) is 8.13. The van der Waals surface area contributed by atoms with Crippen LogP contribution in [0.1, 0.15) is 38.8 Å². The minimum Gasteiger partial charge on any atom is -0.350 e. The van der Waals surface area contributed by atoms with Gasteiger partial charge in [0.2, 0.25) is 11.8 Å². The molecule has 0 radical (unpaired) electrons. The molecule has 0 spiro atoms. The molecule has 2 aromatic rings. The van der Waals surface area contributed by atoms with E-state index in [0.29, 0.717) is 11.3 Å². The average Bonchev–Trinajstić information content (AvgIpc) is 2.58. The number of carbonyl (C=O) groups excluding carboxylic acids is 2. The zero-order valence-electron chi connectivity index (χ0n) is 15.7. The van der Waals surface area contributed by atoms with Crippen molar-refractivity contribution in [2.45, 2.75) is 39.7 Å². The molecule has 0 saturated heterocycles. The summed E-state index contributed by atoms with van der Waals surface area (Å²) in [6, 6.07) is 13.9. The van der Waals surface area contributed by atoms with Crippen LogP contribution in [0.2, 0.25) is 0 Å². The smallest absolute Gasteiger partial charge is 0.240 e. The van der Waals surface area contributed by atoms with Gasteiger partial charge in [-0.05, 0) is 29.2 Å². The molecule has 0 aliphatic heterocycles. The second-order valence-electron chi connectivity index (χ2n) is 7.27. The van der Waals surface area contributed by atoms with Gasteiger partial charge in [-0.2, -0.15) is 0 Å². The summed E-state index contributed by atoms with van der Waals surface area (Å²) in [5.74, 6) is -0.938. The fourth-order valence-corrected chi connectivity index (χ4v) is 2.56. The quantitative estimate of drug-likeness (QED) is 0.886. The van der Waals surface area contributed by atoms with Crippen LogP contribution in [0.15, 0.2) is 48.5 Å². The number of nitrogens with zero attached hydrogens (tertiary/aromatic N) is 1. The summed E-state index contributed by atoms with van der Waals surface area (Å²) in [7, 11) is 0. The van der Waals surface area contributed by atoms with Crippen molar-refractivity contribution < 1.29 is 14.0 Å². The van der Waals surface area contributed by atoms with Crippen LogP contribution >= 0.6 is 0 Å². The topological polar surface area (TPSA) is 49.4 Å². The number of hydrogen-bond acceptors (Lipinski definition) is 2. The van der Waals surface area contributed by atoms with E-state index in [0.717, 1.165) is 5.56 Å². The number of rotatable bonds is 5. The van der Waals surface area contributed by atoms with Gasteiger partial charge in [0.1, 0.15) is 12.4 Å². The lowest BCUT2D eigenvalue weighted by Crippen LogP contribution is -2.39. The van der Waals surface area contributed by atoms with Gasteiger partial charge in [-0.25, -0.2) is 4.39 Å². The maximum absolute atomic E-state index is 13.6. The Morgan fingerprint density at radius 1 is 1.04 bits per heavy atom. The van der Waals surface area contributed by atoms with Gasteiger partial charge in [0.05, 0.1) is 0 Å². The fraction of sp³-hybridized carbons (Fsp3) is 0.333. The number of carbonyl (C=O) groups is 2. The van der Waals surface area contributed by atoms with E-state index in [-0.39, 0.29) is 36.1 Å². The van der Waals surface area contributed by atoms with Crippen molar-refractivity contribution in [3.63, 3.8) is 0 Å². The van der Waals surface area contributed by atoms with Crippen LogP contribution < -0.4 is 10.2 Å². The van der Waals surface area contributed by atoms with E-state index in [1.165, 1.54) is 17.9 Å². The largest absolute Gasteiger partial charge is 0.350 e. The highest BCUT2D eigenvalue weighted by atomic mass is 19.1. The summed E-state index contributed by atoms with van der Waals surface area (Å²) in [4.78, 5) is 25.6. The van der Waals surface area contributed by atoms with E-state index >= 15 is 0 Å². The normalized spacial score (nSPS) is 11.1. The van der Waals surface area contributed by atoms with Gasteiger partial charge < -0.3 is 10.2 Å². The summed E-state index contributed by atoms with van der Waals surface area (Å²) < 4.78 is 13.6. The fourth-order valence-electron chi connectivity index (χ4n) is 2.56. The summed E-state index contributed by atoms with van der Waals surface area (Å²) in [5, 5.41) is 2.66. The number of anilines is 1. The van der Waals surface area contributed by atoms with E-state index in [2.05, 4.69) is 26.1 Å². The Bertz CT molecular complexity index is 779. The first-order chi connectivity index (χ1) is 12.2. The highest BCUT2D eigenvalue weighted by Gasteiger charge is 2.18. The molecule has 0 unspecified atom stereocenters. The number of hydrogen-bond donors (Lipinski definition) is 1. The van der Waals surface area contributed by atoms with Crippen molar-refractivity contribution in [2.24, 2.45) is 0 Å². The molecule has 0 bridgehead atoms. The molecule has 0 heterocycles. The molecule has 26 heavy (non-hydrogen) atoms. The van der Waals surface area contributed by atoms with E-state index in [4.69, 9.17) is 0 Å². The van der Waals surface area contributed by atoms with Crippen LogP contribution in [0.5, 0.6) is 0 Å². The molecule has 0 saturated carbocycles. The maximum Gasteiger partial charge on any atom is 0.240 e. The van der Waals surface area contributed by atoms with Gasteiger partial charge in [0.15, 0.2) is 0 Å². The van der Waals surface area contributed by atoms with Crippen molar-refractivity contribution in [3.8, 4) is 0 Å². The number of amides is 2. The van der Waals surface area contributed by atoms with E-state index in [1.54, 1.807) is 18.2 Å². The van der Waals surface area contributed by atoms with Crippen molar-refractivity contribution in [1.82, 2.24) is 5.32 Å². The van der Waals surface area contributed by atoms with Crippen molar-refractivity contribution in [1.29, 1.82) is 0 Å². The van der Waals surface area contributed by atoms with Crippen LogP contribution in [0.4, 0.5) is 10.1 Å². The SMILES string of the molecule is CC(=O)N(CC(=O)NCc1ccccc1F)c1ccc(C(C)(C)C)cc1. The van der Waals surface area contributed by atoms with Gasteiger partial charge in [-0.3, -0.25) is 9.59 Å². The summed E-state index contributed by atoms with van der Waals surface area (Å²) in [6.07, 6.45) is 0. The first-order valence-electron chi connectivity index (χ1n) is 8.57. The summed E-state index contributed by atoms with van der Waals surface area (Å²) in [6.45, 7) is 7.73. The standard InChI is InChI=1S/C21H25FN2O2/c1-15(25)24(18-11-9-17(10-12-18)21(2,3)4)14-20(26)23-13-16-7-5-6-8-19(16)22/h5-12H,13-14H2,1-4H3,(H,23,26). The lowest BCUT2D eigenvalue weighted by atomic mass is 9.87. The van der Waals surface area contributed by atoms with E-state index < -0.39 is 0 Å². The third kappa shape index (κ3) is 5.15. The molecule has 4 nitrogen and oxygen atoms in total. The molecular formula is C21H25FN2O2. The number of halogens is 1. The monoisotopic (exact) mass is 356 g/mol. The average molecular weight is 356 g/mol. The number of benzene rings is 2. The molecule has 2 amide bonds. The first kappa shape index (κ1) is 19.6. The first-order valence-corrected chi connectivity index (χ1v) is 8.57. The minimum atomic E-state index is -0.367. The van der Waals surface area contributed by atoms with Gasteiger partial charge in [0, 0.05) is 24.7 Å². The minimum absolute atomic E-state index is 0.0106. The predicted octanol–water partition coefficient (Wildman–Crippen LogP) is 3.79. The molecule has 138 valence electrons. The van der Waals surface area contributed by atoms with Crippen LogP contribution in [0.25, 0.3) is 0 Å². The van der Waals surface area contributed by atoms with E-state index in [1.807, 2.05) is 24.3 Å². The maximum atomic E-state index is 13.6. The molecule has 0 aromatic heterocycles. The van der Waals surface area contributed by atoms with Gasteiger partial charge in [-0.1, -0.05) is 51.1 Å². The Hall–Kier alpha value is -2.69. The van der Waals surface area contributed by atoms with Crippen LogP contribution in [-0.4, -0.2) is 18.4 Å².